The molecule has 1 aromatic heterocycles. The van der Waals surface area contributed by atoms with Gasteiger partial charge in [-0.3, -0.25) is 4.79 Å². The molecule has 108 valence electrons. The van der Waals surface area contributed by atoms with Gasteiger partial charge in [0.15, 0.2) is 0 Å². The summed E-state index contributed by atoms with van der Waals surface area (Å²) in [7, 11) is 0. The van der Waals surface area contributed by atoms with Crippen molar-refractivity contribution in [1.82, 2.24) is 4.90 Å². The second kappa shape index (κ2) is 6.22. The molecule has 1 saturated heterocycles. The number of carboxylic acid groups (broad SMARTS) is 1. The predicted octanol–water partition coefficient (Wildman–Crippen LogP) is 3.25. The van der Waals surface area contributed by atoms with Crippen LogP contribution in [0, 0.1) is 0 Å². The number of carbonyl (C=O) groups excluding carboxylic acids is 1. The van der Waals surface area contributed by atoms with Gasteiger partial charge in [-0.25, -0.2) is 4.79 Å². The maximum atomic E-state index is 12.6. The van der Waals surface area contributed by atoms with E-state index in [-0.39, 0.29) is 18.0 Å². The molecule has 4 nitrogen and oxygen atoms in total. The third-order valence-corrected chi connectivity index (χ3v) is 4.69. The van der Waals surface area contributed by atoms with E-state index in [1.165, 1.54) is 23.8 Å². The zero-order valence-electron chi connectivity index (χ0n) is 11.7. The van der Waals surface area contributed by atoms with Gasteiger partial charge in [0.25, 0.3) is 5.91 Å². The lowest BCUT2D eigenvalue weighted by molar-refractivity contribution is -0.131. The lowest BCUT2D eigenvalue weighted by Gasteiger charge is -2.38. The van der Waals surface area contributed by atoms with Crippen molar-refractivity contribution >= 4 is 29.3 Å². The minimum absolute atomic E-state index is 0.0599. The first kappa shape index (κ1) is 14.8. The van der Waals surface area contributed by atoms with E-state index in [0.29, 0.717) is 4.88 Å². The molecule has 1 fully saturated rings. The Hall–Kier alpha value is -1.62. The van der Waals surface area contributed by atoms with Crippen LogP contribution in [-0.4, -0.2) is 34.0 Å². The van der Waals surface area contributed by atoms with Crippen molar-refractivity contribution < 1.29 is 14.7 Å². The fraction of sp³-hybridized carbons (Fsp3) is 0.467. The highest BCUT2D eigenvalue weighted by molar-refractivity contribution is 7.14. The Labute approximate surface area is 122 Å². The highest BCUT2D eigenvalue weighted by atomic mass is 32.1. The average Bonchev–Trinajstić information content (AvgIpc) is 2.84. The summed E-state index contributed by atoms with van der Waals surface area (Å²) < 4.78 is 0. The Morgan fingerprint density at radius 1 is 1.30 bits per heavy atom. The fourth-order valence-corrected chi connectivity index (χ4v) is 3.51. The monoisotopic (exact) mass is 293 g/mol. The van der Waals surface area contributed by atoms with Crippen LogP contribution in [-0.2, 0) is 4.79 Å². The van der Waals surface area contributed by atoms with Crippen molar-refractivity contribution in [2.24, 2.45) is 0 Å². The van der Waals surface area contributed by atoms with Gasteiger partial charge in [-0.15, -0.1) is 11.3 Å². The summed E-state index contributed by atoms with van der Waals surface area (Å²) in [6.45, 7) is 4.18. The molecule has 5 heteroatoms. The molecule has 1 aromatic rings. The van der Waals surface area contributed by atoms with Crippen LogP contribution >= 0.6 is 11.3 Å². The molecule has 1 aliphatic rings. The van der Waals surface area contributed by atoms with Gasteiger partial charge < -0.3 is 10.0 Å². The molecule has 1 N–H and O–H groups in total. The van der Waals surface area contributed by atoms with E-state index in [9.17, 15) is 9.59 Å². The number of aliphatic carboxylic acids is 1. The maximum Gasteiger partial charge on any atom is 0.328 e. The molecule has 2 unspecified atom stereocenters. The van der Waals surface area contributed by atoms with Crippen molar-refractivity contribution in [3.63, 3.8) is 0 Å². The molecule has 2 heterocycles. The maximum absolute atomic E-state index is 12.6. The van der Waals surface area contributed by atoms with Gasteiger partial charge in [-0.05, 0) is 51.3 Å². The number of hydrogen-bond acceptors (Lipinski definition) is 3. The SMILES string of the molecule is CC1CCCC(C)N1C(=O)c1ccc(C=CC(=O)O)s1. The van der Waals surface area contributed by atoms with Gasteiger partial charge in [0.2, 0.25) is 0 Å². The fourth-order valence-electron chi connectivity index (χ4n) is 2.66. The normalized spacial score (nSPS) is 23.2. The summed E-state index contributed by atoms with van der Waals surface area (Å²) in [5.74, 6) is -0.922. The van der Waals surface area contributed by atoms with Crippen LogP contribution in [0.25, 0.3) is 6.08 Å². The second-order valence-corrected chi connectivity index (χ2v) is 6.33. The number of carbonyl (C=O) groups is 2. The largest absolute Gasteiger partial charge is 0.478 e. The van der Waals surface area contributed by atoms with Crippen LogP contribution in [0.15, 0.2) is 18.2 Å². The number of hydrogen-bond donors (Lipinski definition) is 1. The van der Waals surface area contributed by atoms with Crippen LogP contribution in [0.1, 0.15) is 47.7 Å². The molecule has 0 aromatic carbocycles. The summed E-state index contributed by atoms with van der Waals surface area (Å²) >= 11 is 1.34. The van der Waals surface area contributed by atoms with Crippen LogP contribution in [0.3, 0.4) is 0 Å². The average molecular weight is 293 g/mol. The van der Waals surface area contributed by atoms with E-state index in [1.54, 1.807) is 12.1 Å². The lowest BCUT2D eigenvalue weighted by atomic mass is 9.97. The van der Waals surface area contributed by atoms with Crippen LogP contribution in [0.4, 0.5) is 0 Å². The summed E-state index contributed by atoms with van der Waals surface area (Å²) in [6.07, 6.45) is 5.88. The molecule has 2 rings (SSSR count). The first-order valence-corrected chi connectivity index (χ1v) is 7.64. The van der Waals surface area contributed by atoms with Gasteiger partial charge in [-0.2, -0.15) is 0 Å². The van der Waals surface area contributed by atoms with Gasteiger partial charge >= 0.3 is 5.97 Å². The molecule has 20 heavy (non-hydrogen) atoms. The number of piperidine rings is 1. The van der Waals surface area contributed by atoms with Gasteiger partial charge in [0.1, 0.15) is 0 Å². The Kier molecular flexibility index (Phi) is 4.60. The first-order valence-electron chi connectivity index (χ1n) is 6.82. The number of amides is 1. The topological polar surface area (TPSA) is 57.6 Å². The molecule has 0 saturated carbocycles. The minimum Gasteiger partial charge on any atom is -0.478 e. The number of carboxylic acids is 1. The Morgan fingerprint density at radius 2 is 1.95 bits per heavy atom. The zero-order chi connectivity index (χ0) is 14.7. The molecule has 1 amide bonds. The molecule has 0 bridgehead atoms. The third-order valence-electron chi connectivity index (χ3n) is 3.66. The van der Waals surface area contributed by atoms with Gasteiger partial charge in [0.05, 0.1) is 4.88 Å². The van der Waals surface area contributed by atoms with E-state index < -0.39 is 5.97 Å². The third kappa shape index (κ3) is 3.28. The van der Waals surface area contributed by atoms with E-state index in [0.717, 1.165) is 23.8 Å². The Bertz CT molecular complexity index is 525. The molecule has 1 aliphatic heterocycles. The second-order valence-electron chi connectivity index (χ2n) is 5.21. The van der Waals surface area contributed by atoms with Crippen LogP contribution in [0.2, 0.25) is 0 Å². The van der Waals surface area contributed by atoms with E-state index >= 15 is 0 Å². The quantitative estimate of drug-likeness (QED) is 0.870. The standard InChI is InChI=1S/C15H19NO3S/c1-10-4-3-5-11(2)16(10)15(19)13-8-6-12(20-13)7-9-14(17)18/h6-11H,3-5H2,1-2H3,(H,17,18). The van der Waals surface area contributed by atoms with Crippen LogP contribution in [0.5, 0.6) is 0 Å². The van der Waals surface area contributed by atoms with E-state index in [1.807, 2.05) is 4.90 Å². The summed E-state index contributed by atoms with van der Waals surface area (Å²) in [4.78, 5) is 26.5. The molecule has 0 spiro atoms. The molecule has 0 radical (unpaired) electrons. The molecular weight excluding hydrogens is 274 g/mol. The van der Waals surface area contributed by atoms with Crippen molar-refractivity contribution in [3.8, 4) is 0 Å². The number of thiophene rings is 1. The van der Waals surface area contributed by atoms with Gasteiger partial charge in [-0.1, -0.05) is 0 Å². The van der Waals surface area contributed by atoms with Crippen molar-refractivity contribution in [2.75, 3.05) is 0 Å². The molecule has 2 atom stereocenters. The summed E-state index contributed by atoms with van der Waals surface area (Å²) in [5.41, 5.74) is 0. The minimum atomic E-state index is -0.982. The number of likely N-dealkylation sites (tertiary alicyclic amines) is 1. The van der Waals surface area contributed by atoms with Crippen LogP contribution < -0.4 is 0 Å². The molecular formula is C15H19NO3S. The smallest absolute Gasteiger partial charge is 0.328 e. The van der Waals surface area contributed by atoms with Crippen molar-refractivity contribution in [1.29, 1.82) is 0 Å². The van der Waals surface area contributed by atoms with Gasteiger partial charge in [0, 0.05) is 23.0 Å². The number of rotatable bonds is 3. The Balaban J connectivity index is 2.14. The van der Waals surface area contributed by atoms with Crippen molar-refractivity contribution in [2.45, 2.75) is 45.2 Å². The van der Waals surface area contributed by atoms with Crippen molar-refractivity contribution in [3.05, 3.63) is 28.0 Å². The zero-order valence-corrected chi connectivity index (χ0v) is 12.5. The number of nitrogens with zero attached hydrogens (tertiary/aromatic N) is 1. The van der Waals surface area contributed by atoms with E-state index in [4.69, 9.17) is 5.11 Å². The highest BCUT2D eigenvalue weighted by Crippen LogP contribution is 2.27. The molecule has 0 aliphatic carbocycles. The van der Waals surface area contributed by atoms with E-state index in [2.05, 4.69) is 13.8 Å². The first-order chi connectivity index (χ1) is 9.49. The summed E-state index contributed by atoms with van der Waals surface area (Å²) in [6, 6.07) is 4.11. The highest BCUT2D eigenvalue weighted by Gasteiger charge is 2.30. The Morgan fingerprint density at radius 3 is 2.55 bits per heavy atom. The lowest BCUT2D eigenvalue weighted by Crippen LogP contribution is -2.47. The predicted molar refractivity (Wildman–Crippen MR) is 79.9 cm³/mol. The summed E-state index contributed by atoms with van der Waals surface area (Å²) in [5, 5.41) is 8.61.